The first kappa shape index (κ1) is 12.3. The molecule has 1 aromatic rings. The number of halogens is 1. The Morgan fingerprint density at radius 2 is 1.87 bits per heavy atom. The van der Waals surface area contributed by atoms with Crippen molar-refractivity contribution in [2.24, 2.45) is 5.41 Å². The van der Waals surface area contributed by atoms with Crippen LogP contribution in [-0.4, -0.2) is 30.0 Å². The topological polar surface area (TPSA) is 52.5 Å². The van der Waals surface area contributed by atoms with Crippen LogP contribution in [0.15, 0.2) is 24.3 Å². The minimum absolute atomic E-state index is 0.0685. The third-order valence-electron chi connectivity index (χ3n) is 2.34. The highest BCUT2D eigenvalue weighted by Gasteiger charge is 2.22. The SMILES string of the molecule is CC(CO)(CO)CNc1ccccc1Cl. The van der Waals surface area contributed by atoms with E-state index in [4.69, 9.17) is 21.8 Å². The molecule has 0 saturated carbocycles. The van der Waals surface area contributed by atoms with Crippen LogP contribution in [0.2, 0.25) is 5.02 Å². The van der Waals surface area contributed by atoms with E-state index < -0.39 is 5.41 Å². The number of aliphatic hydroxyl groups is 2. The second-order valence-electron chi connectivity index (χ2n) is 3.96. The lowest BCUT2D eigenvalue weighted by Gasteiger charge is -2.25. The largest absolute Gasteiger partial charge is 0.396 e. The molecule has 1 aromatic carbocycles. The molecule has 84 valence electrons. The molecule has 0 radical (unpaired) electrons. The van der Waals surface area contributed by atoms with Gasteiger partial charge in [0, 0.05) is 12.0 Å². The highest BCUT2D eigenvalue weighted by atomic mass is 35.5. The first-order valence-corrected chi connectivity index (χ1v) is 5.19. The van der Waals surface area contributed by atoms with Crippen LogP contribution in [0.5, 0.6) is 0 Å². The van der Waals surface area contributed by atoms with Gasteiger partial charge in [-0.05, 0) is 12.1 Å². The van der Waals surface area contributed by atoms with Crippen molar-refractivity contribution < 1.29 is 10.2 Å². The first-order chi connectivity index (χ1) is 7.11. The predicted octanol–water partition coefficient (Wildman–Crippen LogP) is 1.74. The molecule has 0 saturated heterocycles. The Hall–Kier alpha value is -0.770. The number of aliphatic hydroxyl groups excluding tert-OH is 2. The van der Waals surface area contributed by atoms with E-state index >= 15 is 0 Å². The summed E-state index contributed by atoms with van der Waals surface area (Å²) in [6.45, 7) is 2.14. The van der Waals surface area contributed by atoms with Gasteiger partial charge in [-0.25, -0.2) is 0 Å². The number of anilines is 1. The smallest absolute Gasteiger partial charge is 0.0637 e. The summed E-state index contributed by atoms with van der Waals surface area (Å²) in [4.78, 5) is 0. The van der Waals surface area contributed by atoms with Crippen molar-refractivity contribution in [3.63, 3.8) is 0 Å². The molecule has 0 fully saturated rings. The molecule has 15 heavy (non-hydrogen) atoms. The fourth-order valence-corrected chi connectivity index (χ4v) is 1.28. The number of hydrogen-bond donors (Lipinski definition) is 3. The van der Waals surface area contributed by atoms with Crippen LogP contribution >= 0.6 is 11.6 Å². The summed E-state index contributed by atoms with van der Waals surface area (Å²) in [6.07, 6.45) is 0. The Morgan fingerprint density at radius 1 is 1.27 bits per heavy atom. The van der Waals surface area contributed by atoms with E-state index in [1.54, 1.807) is 13.0 Å². The average molecular weight is 230 g/mol. The van der Waals surface area contributed by atoms with Crippen LogP contribution in [0.25, 0.3) is 0 Å². The zero-order valence-electron chi connectivity index (χ0n) is 8.70. The maximum atomic E-state index is 9.10. The number of benzene rings is 1. The van der Waals surface area contributed by atoms with Crippen molar-refractivity contribution in [2.45, 2.75) is 6.92 Å². The van der Waals surface area contributed by atoms with E-state index in [1.165, 1.54) is 0 Å². The molecule has 0 aliphatic carbocycles. The molecule has 3 N–H and O–H groups in total. The van der Waals surface area contributed by atoms with E-state index in [2.05, 4.69) is 5.32 Å². The highest BCUT2D eigenvalue weighted by Crippen LogP contribution is 2.22. The molecule has 3 nitrogen and oxygen atoms in total. The summed E-state index contributed by atoms with van der Waals surface area (Å²) in [7, 11) is 0. The van der Waals surface area contributed by atoms with E-state index in [1.807, 2.05) is 18.2 Å². The summed E-state index contributed by atoms with van der Waals surface area (Å²) in [5.74, 6) is 0. The lowest BCUT2D eigenvalue weighted by Crippen LogP contribution is -2.34. The molecule has 0 aliphatic rings. The number of hydrogen-bond acceptors (Lipinski definition) is 3. The monoisotopic (exact) mass is 229 g/mol. The lowest BCUT2D eigenvalue weighted by molar-refractivity contribution is 0.0806. The number of rotatable bonds is 5. The zero-order chi connectivity index (χ0) is 11.3. The number of nitrogens with one attached hydrogen (secondary N) is 1. The molecule has 4 heteroatoms. The average Bonchev–Trinajstić information content (AvgIpc) is 2.28. The van der Waals surface area contributed by atoms with Gasteiger partial charge in [-0.2, -0.15) is 0 Å². The summed E-state index contributed by atoms with van der Waals surface area (Å²) < 4.78 is 0. The quantitative estimate of drug-likeness (QED) is 0.721. The van der Waals surface area contributed by atoms with Crippen LogP contribution in [0.3, 0.4) is 0 Å². The van der Waals surface area contributed by atoms with Crippen molar-refractivity contribution in [2.75, 3.05) is 25.1 Å². The van der Waals surface area contributed by atoms with Gasteiger partial charge in [-0.15, -0.1) is 0 Å². The second kappa shape index (κ2) is 5.35. The van der Waals surface area contributed by atoms with Crippen molar-refractivity contribution in [1.82, 2.24) is 0 Å². The van der Waals surface area contributed by atoms with E-state index in [9.17, 15) is 0 Å². The molecule has 0 aliphatic heterocycles. The van der Waals surface area contributed by atoms with Gasteiger partial charge in [0.05, 0.1) is 23.9 Å². The van der Waals surface area contributed by atoms with Gasteiger partial charge < -0.3 is 15.5 Å². The van der Waals surface area contributed by atoms with Gasteiger partial charge in [0.2, 0.25) is 0 Å². The summed E-state index contributed by atoms with van der Waals surface area (Å²) in [5.41, 5.74) is 0.284. The Kier molecular flexibility index (Phi) is 4.39. The fraction of sp³-hybridized carbons (Fsp3) is 0.455. The molecular formula is C11H16ClNO2. The maximum absolute atomic E-state index is 9.10. The molecule has 0 bridgehead atoms. The highest BCUT2D eigenvalue weighted by molar-refractivity contribution is 6.33. The molecule has 0 aromatic heterocycles. The Bertz CT molecular complexity index is 313. The minimum Gasteiger partial charge on any atom is -0.396 e. The van der Waals surface area contributed by atoms with E-state index in [0.717, 1.165) is 5.69 Å². The Morgan fingerprint density at radius 3 is 2.40 bits per heavy atom. The first-order valence-electron chi connectivity index (χ1n) is 4.81. The third kappa shape index (κ3) is 3.38. The second-order valence-corrected chi connectivity index (χ2v) is 4.37. The van der Waals surface area contributed by atoms with Crippen LogP contribution in [-0.2, 0) is 0 Å². The van der Waals surface area contributed by atoms with Gasteiger partial charge >= 0.3 is 0 Å². The molecule has 1 rings (SSSR count). The van der Waals surface area contributed by atoms with Crippen LogP contribution in [0, 0.1) is 5.41 Å². The van der Waals surface area contributed by atoms with Crippen molar-refractivity contribution in [1.29, 1.82) is 0 Å². The Labute approximate surface area is 94.7 Å². The lowest BCUT2D eigenvalue weighted by atomic mass is 9.93. The Balaban J connectivity index is 2.61. The summed E-state index contributed by atoms with van der Waals surface area (Å²) in [6, 6.07) is 7.38. The van der Waals surface area contributed by atoms with Crippen molar-refractivity contribution >= 4 is 17.3 Å². The van der Waals surface area contributed by atoms with Crippen LogP contribution in [0.1, 0.15) is 6.92 Å². The molecule has 0 unspecified atom stereocenters. The van der Waals surface area contributed by atoms with E-state index in [0.29, 0.717) is 11.6 Å². The maximum Gasteiger partial charge on any atom is 0.0637 e. The van der Waals surface area contributed by atoms with Gasteiger partial charge in [0.25, 0.3) is 0 Å². The molecule has 0 atom stereocenters. The van der Waals surface area contributed by atoms with Crippen LogP contribution < -0.4 is 5.32 Å². The van der Waals surface area contributed by atoms with Crippen LogP contribution in [0.4, 0.5) is 5.69 Å². The standard InChI is InChI=1S/C11H16ClNO2/c1-11(7-14,8-15)6-13-10-5-3-2-4-9(10)12/h2-5,13-15H,6-8H2,1H3. The normalized spacial score (nSPS) is 11.5. The number of para-hydroxylation sites is 1. The fourth-order valence-electron chi connectivity index (χ4n) is 1.07. The molecule has 0 spiro atoms. The van der Waals surface area contributed by atoms with Gasteiger partial charge in [-0.3, -0.25) is 0 Å². The molecule has 0 heterocycles. The third-order valence-corrected chi connectivity index (χ3v) is 2.67. The molecule has 0 amide bonds. The van der Waals surface area contributed by atoms with Gasteiger partial charge in [0.1, 0.15) is 0 Å². The predicted molar refractivity (Wildman–Crippen MR) is 62.2 cm³/mol. The minimum atomic E-state index is -0.529. The van der Waals surface area contributed by atoms with Gasteiger partial charge in [0.15, 0.2) is 0 Å². The zero-order valence-corrected chi connectivity index (χ0v) is 9.46. The van der Waals surface area contributed by atoms with Crippen molar-refractivity contribution in [3.8, 4) is 0 Å². The van der Waals surface area contributed by atoms with E-state index in [-0.39, 0.29) is 13.2 Å². The summed E-state index contributed by atoms with van der Waals surface area (Å²) in [5, 5.41) is 21.9. The van der Waals surface area contributed by atoms with Gasteiger partial charge in [-0.1, -0.05) is 30.7 Å². The summed E-state index contributed by atoms with van der Waals surface area (Å²) >= 11 is 5.95. The van der Waals surface area contributed by atoms with Crippen molar-refractivity contribution in [3.05, 3.63) is 29.3 Å². The molecular weight excluding hydrogens is 214 g/mol.